The van der Waals surface area contributed by atoms with E-state index in [4.69, 9.17) is 5.11 Å². The highest BCUT2D eigenvalue weighted by Gasteiger charge is 2.20. The molecule has 2 atom stereocenters. The first-order valence-electron chi connectivity index (χ1n) is 4.72. The van der Waals surface area contributed by atoms with Crippen LogP contribution < -0.4 is 5.56 Å². The van der Waals surface area contributed by atoms with Crippen LogP contribution in [0.4, 0.5) is 0 Å². The first-order valence-corrected chi connectivity index (χ1v) is 4.72. The van der Waals surface area contributed by atoms with E-state index in [0.717, 1.165) is 5.56 Å². The van der Waals surface area contributed by atoms with Crippen LogP contribution >= 0.6 is 0 Å². The van der Waals surface area contributed by atoms with Crippen molar-refractivity contribution in [1.29, 1.82) is 0 Å². The van der Waals surface area contributed by atoms with Gasteiger partial charge in [-0.2, -0.15) is 0 Å². The lowest BCUT2D eigenvalue weighted by atomic mass is 10.0. The average molecular weight is 213 g/mol. The number of hydrogen-bond acceptors (Lipinski definition) is 4. The Morgan fingerprint density at radius 2 is 2.13 bits per heavy atom. The number of pyridine rings is 1. The van der Waals surface area contributed by atoms with Gasteiger partial charge in [0, 0.05) is 18.4 Å². The molecule has 0 aliphatic rings. The summed E-state index contributed by atoms with van der Waals surface area (Å²) in [4.78, 5) is 13.8. The van der Waals surface area contributed by atoms with Gasteiger partial charge in [-0.05, 0) is 25.0 Å². The molecule has 1 heterocycles. The maximum Gasteiger partial charge on any atom is 0.253 e. The van der Waals surface area contributed by atoms with Gasteiger partial charge in [-0.3, -0.25) is 4.79 Å². The van der Waals surface area contributed by atoms with Crippen LogP contribution in [0, 0.1) is 6.92 Å². The van der Waals surface area contributed by atoms with Crippen molar-refractivity contribution in [3.8, 4) is 0 Å². The molecular formula is C10H15NO4. The Hall–Kier alpha value is -1.17. The summed E-state index contributed by atoms with van der Waals surface area (Å²) in [7, 11) is 0. The molecule has 1 aromatic rings. The van der Waals surface area contributed by atoms with E-state index >= 15 is 0 Å². The molecule has 0 bridgehead atoms. The van der Waals surface area contributed by atoms with Crippen molar-refractivity contribution < 1.29 is 15.3 Å². The van der Waals surface area contributed by atoms with Crippen LogP contribution in [0.1, 0.15) is 23.7 Å². The van der Waals surface area contributed by atoms with E-state index in [1.165, 1.54) is 12.3 Å². The predicted molar refractivity (Wildman–Crippen MR) is 54.5 cm³/mol. The van der Waals surface area contributed by atoms with Gasteiger partial charge < -0.3 is 20.3 Å². The van der Waals surface area contributed by atoms with Crippen LogP contribution in [0.25, 0.3) is 0 Å². The molecule has 0 aliphatic carbocycles. The molecule has 0 aliphatic heterocycles. The van der Waals surface area contributed by atoms with Crippen molar-refractivity contribution >= 4 is 0 Å². The zero-order valence-corrected chi connectivity index (χ0v) is 8.47. The molecule has 0 amide bonds. The molecule has 84 valence electrons. The molecule has 2 unspecified atom stereocenters. The van der Waals surface area contributed by atoms with Gasteiger partial charge in [-0.25, -0.2) is 0 Å². The molecule has 0 radical (unpaired) electrons. The summed E-state index contributed by atoms with van der Waals surface area (Å²) >= 11 is 0. The van der Waals surface area contributed by atoms with Crippen LogP contribution in [-0.4, -0.2) is 33.0 Å². The molecule has 4 N–H and O–H groups in total. The highest BCUT2D eigenvalue weighted by atomic mass is 16.3. The van der Waals surface area contributed by atoms with Crippen LogP contribution in [0.5, 0.6) is 0 Å². The number of aliphatic hydroxyl groups excluding tert-OH is 3. The number of aromatic amines is 1. The minimum Gasteiger partial charge on any atom is -0.396 e. The minimum atomic E-state index is -1.26. The lowest BCUT2D eigenvalue weighted by molar-refractivity contribution is 0.00343. The van der Waals surface area contributed by atoms with Crippen LogP contribution in [0.15, 0.2) is 17.1 Å². The van der Waals surface area contributed by atoms with E-state index in [0.29, 0.717) is 0 Å². The molecule has 15 heavy (non-hydrogen) atoms. The number of rotatable bonds is 4. The van der Waals surface area contributed by atoms with Gasteiger partial charge in [0.15, 0.2) is 0 Å². The molecule has 0 spiro atoms. The van der Waals surface area contributed by atoms with Gasteiger partial charge in [-0.15, -0.1) is 0 Å². The summed E-state index contributed by atoms with van der Waals surface area (Å²) in [6, 6.07) is 1.52. The SMILES string of the molecule is Cc1c[nH]c(=O)c(C(O)C(O)CCO)c1. The standard InChI is InChI=1S/C10H15NO4/c1-6-4-7(10(15)11-5-6)9(14)8(13)2-3-12/h4-5,8-9,12-14H,2-3H2,1H3,(H,11,15). The third kappa shape index (κ3) is 2.89. The van der Waals surface area contributed by atoms with Gasteiger partial charge in [0.2, 0.25) is 0 Å². The highest BCUT2D eigenvalue weighted by molar-refractivity contribution is 5.19. The number of aromatic nitrogens is 1. The summed E-state index contributed by atoms with van der Waals surface area (Å²) in [5.74, 6) is 0. The van der Waals surface area contributed by atoms with Gasteiger partial charge in [0.05, 0.1) is 6.10 Å². The van der Waals surface area contributed by atoms with E-state index < -0.39 is 17.8 Å². The molecule has 5 heteroatoms. The van der Waals surface area contributed by atoms with Crippen LogP contribution in [0.2, 0.25) is 0 Å². The number of nitrogens with one attached hydrogen (secondary N) is 1. The van der Waals surface area contributed by atoms with E-state index in [1.54, 1.807) is 6.92 Å². The van der Waals surface area contributed by atoms with Gasteiger partial charge in [0.25, 0.3) is 5.56 Å². The van der Waals surface area contributed by atoms with Gasteiger partial charge in [-0.1, -0.05) is 0 Å². The topological polar surface area (TPSA) is 93.6 Å². The summed E-state index contributed by atoms with van der Waals surface area (Å²) < 4.78 is 0. The Bertz CT molecular complexity index is 374. The normalized spacial score (nSPS) is 14.9. The largest absolute Gasteiger partial charge is 0.396 e. The molecule has 1 aromatic heterocycles. The third-order valence-corrected chi connectivity index (χ3v) is 2.18. The fraction of sp³-hybridized carbons (Fsp3) is 0.500. The fourth-order valence-corrected chi connectivity index (χ4v) is 1.33. The summed E-state index contributed by atoms with van der Waals surface area (Å²) in [6.45, 7) is 1.53. The molecule has 5 nitrogen and oxygen atoms in total. The fourth-order valence-electron chi connectivity index (χ4n) is 1.33. The number of H-pyrrole nitrogens is 1. The molecule has 0 saturated carbocycles. The molecule has 0 saturated heterocycles. The molecule has 1 rings (SSSR count). The van der Waals surface area contributed by atoms with Crippen molar-refractivity contribution in [2.45, 2.75) is 25.6 Å². The third-order valence-electron chi connectivity index (χ3n) is 2.18. The summed E-state index contributed by atoms with van der Waals surface area (Å²) in [6.07, 6.45) is -0.829. The smallest absolute Gasteiger partial charge is 0.253 e. The van der Waals surface area contributed by atoms with Crippen LogP contribution in [-0.2, 0) is 0 Å². The average Bonchev–Trinajstić information content (AvgIpc) is 2.21. The van der Waals surface area contributed by atoms with Crippen molar-refractivity contribution in [3.63, 3.8) is 0 Å². The second kappa shape index (κ2) is 5.06. The lowest BCUT2D eigenvalue weighted by Gasteiger charge is -2.16. The first kappa shape index (κ1) is 11.9. The number of aliphatic hydroxyl groups is 3. The Balaban J connectivity index is 2.94. The second-order valence-corrected chi connectivity index (χ2v) is 3.49. The van der Waals surface area contributed by atoms with Crippen molar-refractivity contribution in [2.75, 3.05) is 6.61 Å². The van der Waals surface area contributed by atoms with Crippen molar-refractivity contribution in [3.05, 3.63) is 33.7 Å². The molecule has 0 aromatic carbocycles. The predicted octanol–water partition coefficient (Wildman–Crippen LogP) is -0.540. The Labute approximate surface area is 87.0 Å². The van der Waals surface area contributed by atoms with Crippen molar-refractivity contribution in [1.82, 2.24) is 4.98 Å². The van der Waals surface area contributed by atoms with E-state index in [2.05, 4.69) is 4.98 Å². The zero-order valence-electron chi connectivity index (χ0n) is 8.47. The van der Waals surface area contributed by atoms with E-state index in [-0.39, 0.29) is 18.6 Å². The van der Waals surface area contributed by atoms with Crippen molar-refractivity contribution in [2.24, 2.45) is 0 Å². The monoisotopic (exact) mass is 213 g/mol. The number of hydrogen-bond donors (Lipinski definition) is 4. The Morgan fingerprint density at radius 1 is 1.47 bits per heavy atom. The second-order valence-electron chi connectivity index (χ2n) is 3.49. The summed E-state index contributed by atoms with van der Waals surface area (Å²) in [5.41, 5.74) is 0.487. The maximum absolute atomic E-state index is 11.3. The van der Waals surface area contributed by atoms with E-state index in [9.17, 15) is 15.0 Å². The molecular weight excluding hydrogens is 198 g/mol. The zero-order chi connectivity index (χ0) is 11.4. The Kier molecular flexibility index (Phi) is 4.02. The van der Waals surface area contributed by atoms with Gasteiger partial charge >= 0.3 is 0 Å². The highest BCUT2D eigenvalue weighted by Crippen LogP contribution is 2.15. The quantitative estimate of drug-likeness (QED) is 0.540. The molecule has 0 fully saturated rings. The Morgan fingerprint density at radius 3 is 2.73 bits per heavy atom. The van der Waals surface area contributed by atoms with E-state index in [1.807, 2.05) is 0 Å². The number of aryl methyl sites for hydroxylation is 1. The first-order chi connectivity index (χ1) is 7.06. The lowest BCUT2D eigenvalue weighted by Crippen LogP contribution is -2.26. The maximum atomic E-state index is 11.3. The van der Waals surface area contributed by atoms with Crippen LogP contribution in [0.3, 0.4) is 0 Å². The minimum absolute atomic E-state index is 0.0363. The van der Waals surface area contributed by atoms with Gasteiger partial charge in [0.1, 0.15) is 6.10 Å². The summed E-state index contributed by atoms with van der Waals surface area (Å²) in [5, 5.41) is 27.7.